The number of aliphatic hydroxyl groups excluding tert-OH is 1. The number of benzene rings is 1. The molecule has 0 saturated heterocycles. The lowest BCUT2D eigenvalue weighted by molar-refractivity contribution is 0.244. The highest BCUT2D eigenvalue weighted by atomic mass is 19.1. The third kappa shape index (κ3) is 1.58. The molecule has 0 aliphatic heterocycles. The van der Waals surface area contributed by atoms with Crippen LogP contribution >= 0.6 is 0 Å². The highest BCUT2D eigenvalue weighted by molar-refractivity contribution is 5.72. The van der Waals surface area contributed by atoms with Gasteiger partial charge in [0.15, 0.2) is 0 Å². The second-order valence-electron chi connectivity index (χ2n) is 3.70. The van der Waals surface area contributed by atoms with Crippen LogP contribution in [-0.2, 0) is 6.42 Å². The van der Waals surface area contributed by atoms with Crippen molar-refractivity contribution >= 4 is 5.57 Å². The maximum atomic E-state index is 13.3. The van der Waals surface area contributed by atoms with Gasteiger partial charge in [0.05, 0.1) is 6.10 Å². The van der Waals surface area contributed by atoms with Crippen molar-refractivity contribution in [1.82, 2.24) is 0 Å². The maximum Gasteiger partial charge on any atom is 0.127 e. The van der Waals surface area contributed by atoms with Crippen molar-refractivity contribution < 1.29 is 9.50 Å². The summed E-state index contributed by atoms with van der Waals surface area (Å²) in [5.74, 6) is -0.128. The molecule has 74 valence electrons. The minimum atomic E-state index is -0.459. The van der Waals surface area contributed by atoms with Gasteiger partial charge in [-0.25, -0.2) is 4.39 Å². The molecule has 14 heavy (non-hydrogen) atoms. The summed E-state index contributed by atoms with van der Waals surface area (Å²) in [5, 5.41) is 9.24. The van der Waals surface area contributed by atoms with Gasteiger partial charge in [0.1, 0.15) is 5.82 Å². The van der Waals surface area contributed by atoms with Crippen LogP contribution in [0.25, 0.3) is 5.57 Å². The Kier molecular flexibility index (Phi) is 2.38. The van der Waals surface area contributed by atoms with Gasteiger partial charge >= 0.3 is 0 Å². The van der Waals surface area contributed by atoms with E-state index >= 15 is 0 Å². The van der Waals surface area contributed by atoms with Gasteiger partial charge in [0.25, 0.3) is 0 Å². The van der Waals surface area contributed by atoms with E-state index in [9.17, 15) is 9.50 Å². The van der Waals surface area contributed by atoms with Gasteiger partial charge in [-0.2, -0.15) is 0 Å². The summed E-state index contributed by atoms with van der Waals surface area (Å²) in [5.41, 5.74) is 2.82. The van der Waals surface area contributed by atoms with Gasteiger partial charge < -0.3 is 5.11 Å². The molecule has 0 amide bonds. The largest absolute Gasteiger partial charge is 0.389 e. The summed E-state index contributed by atoms with van der Waals surface area (Å²) in [6, 6.07) is 5.12. The van der Waals surface area contributed by atoms with Crippen LogP contribution in [0.2, 0.25) is 0 Å². The zero-order valence-corrected chi connectivity index (χ0v) is 8.13. The third-order valence-electron chi connectivity index (χ3n) is 2.55. The molecule has 0 heterocycles. The maximum absolute atomic E-state index is 13.3. The Morgan fingerprint density at radius 1 is 1.43 bits per heavy atom. The normalized spacial score (nSPS) is 19.8. The number of aliphatic hydroxyl groups is 1. The predicted octanol–water partition coefficient (Wildman–Crippen LogP) is 2.54. The average molecular weight is 192 g/mol. The Balaban J connectivity index is 2.45. The lowest BCUT2D eigenvalue weighted by Crippen LogP contribution is -1.94. The Bertz CT molecular complexity index is 380. The number of rotatable bonds is 1. The van der Waals surface area contributed by atoms with E-state index in [2.05, 4.69) is 0 Å². The molecule has 1 unspecified atom stereocenters. The van der Waals surface area contributed by atoms with Crippen LogP contribution in [0.3, 0.4) is 0 Å². The first kappa shape index (κ1) is 9.41. The van der Waals surface area contributed by atoms with E-state index < -0.39 is 6.10 Å². The molecular formula is C12H13FO. The lowest BCUT2D eigenvalue weighted by Gasteiger charge is -2.03. The predicted molar refractivity (Wildman–Crippen MR) is 54.4 cm³/mol. The molecule has 1 aliphatic rings. The Morgan fingerprint density at radius 2 is 2.21 bits per heavy atom. The van der Waals surface area contributed by atoms with Crippen LogP contribution in [-0.4, -0.2) is 11.2 Å². The molecule has 2 heteroatoms. The van der Waals surface area contributed by atoms with Crippen LogP contribution in [0.15, 0.2) is 24.3 Å². The van der Waals surface area contributed by atoms with E-state index in [1.165, 1.54) is 6.07 Å². The Labute approximate surface area is 82.9 Å². The summed E-state index contributed by atoms with van der Waals surface area (Å²) < 4.78 is 13.3. The number of hydrogen-bond donors (Lipinski definition) is 1. The highest BCUT2D eigenvalue weighted by Crippen LogP contribution is 2.33. The van der Waals surface area contributed by atoms with Crippen molar-refractivity contribution in [3.63, 3.8) is 0 Å². The van der Waals surface area contributed by atoms with Crippen molar-refractivity contribution in [2.75, 3.05) is 0 Å². The fourth-order valence-electron chi connectivity index (χ4n) is 1.97. The second-order valence-corrected chi connectivity index (χ2v) is 3.70. The van der Waals surface area contributed by atoms with E-state index in [0.29, 0.717) is 0 Å². The molecule has 1 nitrogen and oxygen atoms in total. The summed E-state index contributed by atoms with van der Waals surface area (Å²) in [6.45, 7) is 1.71. The number of halogens is 1. The van der Waals surface area contributed by atoms with Crippen molar-refractivity contribution in [3.05, 3.63) is 41.2 Å². The van der Waals surface area contributed by atoms with Gasteiger partial charge in [0.2, 0.25) is 0 Å². The SMILES string of the molecule is CC(O)/C=C1/CCc2c(F)cccc21. The molecule has 0 fully saturated rings. The number of fused-ring (bicyclic) bond motifs is 1. The van der Waals surface area contributed by atoms with Gasteiger partial charge in [-0.3, -0.25) is 0 Å². The van der Waals surface area contributed by atoms with Crippen LogP contribution in [0.4, 0.5) is 4.39 Å². The van der Waals surface area contributed by atoms with Gasteiger partial charge in [0, 0.05) is 0 Å². The first-order chi connectivity index (χ1) is 6.68. The molecule has 1 N–H and O–H groups in total. The molecule has 0 radical (unpaired) electrons. The van der Waals surface area contributed by atoms with Gasteiger partial charge in [-0.1, -0.05) is 18.2 Å². The fourth-order valence-corrected chi connectivity index (χ4v) is 1.97. The molecule has 2 rings (SSSR count). The zero-order chi connectivity index (χ0) is 10.1. The summed E-state index contributed by atoms with van der Waals surface area (Å²) in [7, 11) is 0. The van der Waals surface area contributed by atoms with Crippen molar-refractivity contribution in [2.24, 2.45) is 0 Å². The van der Waals surface area contributed by atoms with Crippen LogP contribution in [0.1, 0.15) is 24.5 Å². The van der Waals surface area contributed by atoms with Crippen LogP contribution < -0.4 is 0 Å². The molecule has 0 saturated carbocycles. The molecular weight excluding hydrogens is 179 g/mol. The zero-order valence-electron chi connectivity index (χ0n) is 8.13. The molecule has 1 aliphatic carbocycles. The molecule has 0 bridgehead atoms. The Hall–Kier alpha value is -1.15. The van der Waals surface area contributed by atoms with E-state index in [1.807, 2.05) is 6.07 Å². The molecule has 1 aromatic carbocycles. The van der Waals surface area contributed by atoms with Gasteiger partial charge in [-0.05, 0) is 42.5 Å². The van der Waals surface area contributed by atoms with E-state index in [1.54, 1.807) is 19.1 Å². The smallest absolute Gasteiger partial charge is 0.127 e. The molecule has 0 spiro atoms. The first-order valence-corrected chi connectivity index (χ1v) is 4.85. The van der Waals surface area contributed by atoms with Crippen LogP contribution in [0, 0.1) is 5.82 Å². The number of allylic oxidation sites excluding steroid dienone is 1. The van der Waals surface area contributed by atoms with Crippen LogP contribution in [0.5, 0.6) is 0 Å². The minimum Gasteiger partial charge on any atom is -0.389 e. The average Bonchev–Trinajstić information content (AvgIpc) is 2.49. The quantitative estimate of drug-likeness (QED) is 0.725. The third-order valence-corrected chi connectivity index (χ3v) is 2.55. The highest BCUT2D eigenvalue weighted by Gasteiger charge is 2.19. The minimum absolute atomic E-state index is 0.128. The Morgan fingerprint density at radius 3 is 2.93 bits per heavy atom. The summed E-state index contributed by atoms with van der Waals surface area (Å²) in [6.07, 6.45) is 2.92. The topological polar surface area (TPSA) is 20.2 Å². The van der Waals surface area contributed by atoms with Crippen molar-refractivity contribution in [3.8, 4) is 0 Å². The van der Waals surface area contributed by atoms with Crippen molar-refractivity contribution in [1.29, 1.82) is 0 Å². The second kappa shape index (κ2) is 3.54. The summed E-state index contributed by atoms with van der Waals surface area (Å²) in [4.78, 5) is 0. The standard InChI is InChI=1S/C12H13FO/c1-8(14)7-9-5-6-11-10(9)3-2-4-12(11)13/h2-4,7-8,14H,5-6H2,1H3/b9-7-. The first-order valence-electron chi connectivity index (χ1n) is 4.85. The van der Waals surface area contributed by atoms with E-state index in [4.69, 9.17) is 0 Å². The molecule has 1 aromatic rings. The monoisotopic (exact) mass is 192 g/mol. The summed E-state index contributed by atoms with van der Waals surface area (Å²) >= 11 is 0. The van der Waals surface area contributed by atoms with Gasteiger partial charge in [-0.15, -0.1) is 0 Å². The van der Waals surface area contributed by atoms with Crippen molar-refractivity contribution in [2.45, 2.75) is 25.9 Å². The fraction of sp³-hybridized carbons (Fsp3) is 0.333. The van der Waals surface area contributed by atoms with E-state index in [0.717, 1.165) is 29.5 Å². The molecule has 1 atom stereocenters. The van der Waals surface area contributed by atoms with E-state index in [-0.39, 0.29) is 5.82 Å². The lowest BCUT2D eigenvalue weighted by atomic mass is 10.1. The molecule has 0 aromatic heterocycles. The number of hydrogen-bond acceptors (Lipinski definition) is 1.